The highest BCUT2D eigenvalue weighted by Gasteiger charge is 2.12. The Morgan fingerprint density at radius 3 is 2.48 bits per heavy atom. The molecule has 7 nitrogen and oxygen atoms in total. The van der Waals surface area contributed by atoms with Gasteiger partial charge in [-0.15, -0.1) is 0 Å². The Morgan fingerprint density at radius 1 is 1.13 bits per heavy atom. The van der Waals surface area contributed by atoms with E-state index in [0.29, 0.717) is 10.7 Å². The second kappa shape index (κ2) is 5.71. The summed E-state index contributed by atoms with van der Waals surface area (Å²) >= 11 is 5.80. The quantitative estimate of drug-likeness (QED) is 0.488. The van der Waals surface area contributed by atoms with E-state index in [2.05, 4.69) is 4.98 Å². The molecule has 0 saturated carbocycles. The van der Waals surface area contributed by atoms with Gasteiger partial charge in [-0.05, 0) is 42.5 Å². The second-order valence-corrected chi connectivity index (χ2v) is 5.18. The molecule has 3 N–H and O–H groups in total. The van der Waals surface area contributed by atoms with Crippen LogP contribution in [0.1, 0.15) is 10.4 Å². The van der Waals surface area contributed by atoms with Crippen molar-refractivity contribution >= 4 is 28.4 Å². The number of halogens is 1. The Kier molecular flexibility index (Phi) is 3.73. The number of fused-ring (bicyclic) bond motifs is 1. The van der Waals surface area contributed by atoms with Crippen molar-refractivity contribution in [1.29, 1.82) is 0 Å². The van der Waals surface area contributed by atoms with Crippen LogP contribution in [-0.4, -0.2) is 20.7 Å². The Hall–Kier alpha value is -2.90. The monoisotopic (exact) mass is 331 g/mol. The van der Waals surface area contributed by atoms with Gasteiger partial charge in [0.05, 0.1) is 16.6 Å². The highest BCUT2D eigenvalue weighted by atomic mass is 35.5. The molecular weight excluding hydrogens is 322 g/mol. The van der Waals surface area contributed by atoms with Crippen LogP contribution < -0.4 is 16.7 Å². The van der Waals surface area contributed by atoms with Crippen LogP contribution in [0.5, 0.6) is 0 Å². The van der Waals surface area contributed by atoms with Crippen molar-refractivity contribution in [3.63, 3.8) is 0 Å². The number of nitrogens with zero attached hydrogens (tertiary/aromatic N) is 1. The Balaban J connectivity index is 2.26. The van der Waals surface area contributed by atoms with E-state index in [1.54, 1.807) is 24.3 Å². The summed E-state index contributed by atoms with van der Waals surface area (Å²) in [5.74, 6) is -0.741. The average Bonchev–Trinajstić information content (AvgIpc) is 2.55. The molecule has 0 aliphatic rings. The maximum Gasteiger partial charge on any atom is 0.333 e. The Bertz CT molecular complexity index is 1020. The molecule has 3 rings (SSSR count). The van der Waals surface area contributed by atoms with Crippen LogP contribution in [0.15, 0.2) is 52.1 Å². The fraction of sp³-hybridized carbons (Fsp3) is 0. The van der Waals surface area contributed by atoms with Crippen molar-refractivity contribution in [2.45, 2.75) is 0 Å². The van der Waals surface area contributed by atoms with Gasteiger partial charge in [-0.2, -0.15) is 0 Å². The Morgan fingerprint density at radius 2 is 1.83 bits per heavy atom. The number of hydroxylamine groups is 1. The van der Waals surface area contributed by atoms with Crippen molar-refractivity contribution in [3.8, 4) is 5.69 Å². The van der Waals surface area contributed by atoms with Gasteiger partial charge in [-0.25, -0.2) is 14.8 Å². The molecule has 0 atom stereocenters. The summed E-state index contributed by atoms with van der Waals surface area (Å²) < 4.78 is 0.977. The van der Waals surface area contributed by atoms with Crippen LogP contribution in [0.4, 0.5) is 0 Å². The Labute approximate surface area is 133 Å². The minimum absolute atomic E-state index is 0.110. The van der Waals surface area contributed by atoms with Crippen molar-refractivity contribution < 1.29 is 10.0 Å². The van der Waals surface area contributed by atoms with Crippen LogP contribution in [-0.2, 0) is 0 Å². The first-order chi connectivity index (χ1) is 11.0. The van der Waals surface area contributed by atoms with Crippen LogP contribution >= 0.6 is 11.6 Å². The molecule has 23 heavy (non-hydrogen) atoms. The fourth-order valence-corrected chi connectivity index (χ4v) is 2.37. The highest BCUT2D eigenvalue weighted by Crippen LogP contribution is 2.13. The molecule has 0 aliphatic carbocycles. The smallest absolute Gasteiger partial charge is 0.306 e. The third kappa shape index (κ3) is 2.63. The molecule has 0 saturated heterocycles. The molecule has 0 fully saturated rings. The van der Waals surface area contributed by atoms with Gasteiger partial charge in [0.1, 0.15) is 0 Å². The molecule has 1 aromatic heterocycles. The van der Waals surface area contributed by atoms with Gasteiger partial charge in [0, 0.05) is 10.6 Å². The first-order valence-corrected chi connectivity index (χ1v) is 6.88. The summed E-state index contributed by atoms with van der Waals surface area (Å²) in [5.41, 5.74) is 1.00. The summed E-state index contributed by atoms with van der Waals surface area (Å²) in [7, 11) is 0. The molecule has 0 spiro atoms. The summed E-state index contributed by atoms with van der Waals surface area (Å²) in [6.45, 7) is 0. The predicted octanol–water partition coefficient (Wildman–Crippen LogP) is 1.45. The van der Waals surface area contributed by atoms with Crippen LogP contribution in [0.3, 0.4) is 0 Å². The molecule has 2 aromatic carbocycles. The number of H-pyrrole nitrogens is 1. The number of benzene rings is 2. The SMILES string of the molecule is O=C(NO)c1ccc2c(=O)n(-c3ccc(Cl)cc3)c(=O)[nH]c2c1. The van der Waals surface area contributed by atoms with Gasteiger partial charge < -0.3 is 4.98 Å². The topological polar surface area (TPSA) is 104 Å². The van der Waals surface area contributed by atoms with E-state index in [0.717, 1.165) is 4.57 Å². The number of aromatic nitrogens is 2. The van der Waals surface area contributed by atoms with Gasteiger partial charge >= 0.3 is 5.69 Å². The summed E-state index contributed by atoms with van der Waals surface area (Å²) in [4.78, 5) is 38.7. The minimum atomic E-state index is -0.741. The van der Waals surface area contributed by atoms with Crippen molar-refractivity contribution in [1.82, 2.24) is 15.0 Å². The molecule has 0 bridgehead atoms. The van der Waals surface area contributed by atoms with E-state index in [1.807, 2.05) is 0 Å². The van der Waals surface area contributed by atoms with E-state index in [4.69, 9.17) is 16.8 Å². The first-order valence-electron chi connectivity index (χ1n) is 6.51. The summed E-state index contributed by atoms with van der Waals surface area (Å²) in [6, 6.07) is 10.3. The first kappa shape index (κ1) is 15.0. The molecule has 1 amide bonds. The lowest BCUT2D eigenvalue weighted by atomic mass is 10.1. The van der Waals surface area contributed by atoms with E-state index >= 15 is 0 Å². The van der Waals surface area contributed by atoms with Gasteiger partial charge in [-0.3, -0.25) is 14.8 Å². The zero-order valence-electron chi connectivity index (χ0n) is 11.5. The molecule has 8 heteroatoms. The minimum Gasteiger partial charge on any atom is -0.306 e. The third-order valence-electron chi connectivity index (χ3n) is 3.35. The van der Waals surface area contributed by atoms with Crippen molar-refractivity contribution in [2.75, 3.05) is 0 Å². The van der Waals surface area contributed by atoms with Gasteiger partial charge in [0.25, 0.3) is 11.5 Å². The maximum atomic E-state index is 12.5. The number of hydrogen-bond donors (Lipinski definition) is 3. The highest BCUT2D eigenvalue weighted by molar-refractivity contribution is 6.30. The normalized spacial score (nSPS) is 10.7. The number of carbonyl (C=O) groups excluding carboxylic acids is 1. The van der Waals surface area contributed by atoms with Crippen LogP contribution in [0.2, 0.25) is 5.02 Å². The van der Waals surface area contributed by atoms with Gasteiger partial charge in [0.2, 0.25) is 0 Å². The zero-order valence-corrected chi connectivity index (χ0v) is 12.3. The zero-order chi connectivity index (χ0) is 16.6. The molecule has 0 aliphatic heterocycles. The molecule has 1 heterocycles. The number of amides is 1. The van der Waals surface area contributed by atoms with Gasteiger partial charge in [-0.1, -0.05) is 11.6 Å². The molecule has 116 valence electrons. The van der Waals surface area contributed by atoms with Crippen molar-refractivity contribution in [3.05, 3.63) is 73.9 Å². The van der Waals surface area contributed by atoms with Crippen molar-refractivity contribution in [2.24, 2.45) is 0 Å². The lowest BCUT2D eigenvalue weighted by Crippen LogP contribution is -2.33. The summed E-state index contributed by atoms with van der Waals surface area (Å²) in [6.07, 6.45) is 0. The van der Waals surface area contributed by atoms with Crippen LogP contribution in [0.25, 0.3) is 16.6 Å². The molecule has 0 unspecified atom stereocenters. The number of nitrogens with one attached hydrogen (secondary N) is 2. The van der Waals surface area contributed by atoms with E-state index in [-0.39, 0.29) is 16.5 Å². The predicted molar refractivity (Wildman–Crippen MR) is 84.4 cm³/mol. The summed E-state index contributed by atoms with van der Waals surface area (Å²) in [5, 5.41) is 9.35. The largest absolute Gasteiger partial charge is 0.333 e. The maximum absolute atomic E-state index is 12.5. The van der Waals surface area contributed by atoms with E-state index in [9.17, 15) is 14.4 Å². The van der Waals surface area contributed by atoms with Gasteiger partial charge in [0.15, 0.2) is 0 Å². The van der Waals surface area contributed by atoms with E-state index in [1.165, 1.54) is 23.7 Å². The fourth-order valence-electron chi connectivity index (χ4n) is 2.25. The second-order valence-electron chi connectivity index (χ2n) is 4.75. The van der Waals surface area contributed by atoms with E-state index < -0.39 is 17.2 Å². The molecular formula is C15H10ClN3O4. The van der Waals surface area contributed by atoms with Crippen LogP contribution in [0, 0.1) is 0 Å². The third-order valence-corrected chi connectivity index (χ3v) is 3.60. The number of carbonyl (C=O) groups is 1. The molecule has 3 aromatic rings. The lowest BCUT2D eigenvalue weighted by Gasteiger charge is -2.07. The number of rotatable bonds is 2. The number of hydrogen-bond acceptors (Lipinski definition) is 4. The standard InChI is InChI=1S/C15H10ClN3O4/c16-9-2-4-10(5-3-9)19-14(21)11-6-1-8(13(20)18-23)7-12(11)17-15(19)22/h1-7,23H,(H,17,22)(H,18,20). The molecule has 0 radical (unpaired) electrons. The average molecular weight is 332 g/mol. The lowest BCUT2D eigenvalue weighted by molar-refractivity contribution is 0.0706. The number of aromatic amines is 1.